The van der Waals surface area contributed by atoms with Crippen molar-refractivity contribution in [3.63, 3.8) is 0 Å². The molecule has 0 radical (unpaired) electrons. The molecule has 0 unspecified atom stereocenters. The molecule has 0 aliphatic heterocycles. The van der Waals surface area contributed by atoms with E-state index in [1.807, 2.05) is 13.8 Å². The van der Waals surface area contributed by atoms with Crippen LogP contribution in [-0.2, 0) is 13.0 Å². The summed E-state index contributed by atoms with van der Waals surface area (Å²) in [7, 11) is 0. The highest BCUT2D eigenvalue weighted by molar-refractivity contribution is 7.03. The second kappa shape index (κ2) is 6.37. The van der Waals surface area contributed by atoms with Crippen molar-refractivity contribution >= 4 is 17.4 Å². The number of nitrogens with zero attached hydrogens (tertiary/aromatic N) is 5. The molecule has 1 amide bonds. The second-order valence-electron chi connectivity index (χ2n) is 3.96. The third kappa shape index (κ3) is 3.34. The normalized spacial score (nSPS) is 10.6. The van der Waals surface area contributed by atoms with Crippen molar-refractivity contribution in [1.29, 1.82) is 0 Å². The lowest BCUT2D eigenvalue weighted by Gasteiger charge is -2.17. The molecule has 19 heavy (non-hydrogen) atoms. The van der Waals surface area contributed by atoms with Crippen LogP contribution in [0.3, 0.4) is 0 Å². The SMILES string of the molecule is CCCc1nc(CN(CC)C(=O)c2csnn2)no1. The van der Waals surface area contributed by atoms with Gasteiger partial charge in [0.1, 0.15) is 0 Å². The Morgan fingerprint density at radius 2 is 2.32 bits per heavy atom. The quantitative estimate of drug-likeness (QED) is 0.798. The van der Waals surface area contributed by atoms with E-state index in [0.717, 1.165) is 24.4 Å². The molecule has 2 rings (SSSR count). The summed E-state index contributed by atoms with van der Waals surface area (Å²) in [5.41, 5.74) is 0.351. The van der Waals surface area contributed by atoms with Crippen LogP contribution >= 0.6 is 11.5 Å². The van der Waals surface area contributed by atoms with E-state index in [4.69, 9.17) is 4.52 Å². The average Bonchev–Trinajstić information content (AvgIpc) is 3.07. The van der Waals surface area contributed by atoms with E-state index < -0.39 is 0 Å². The van der Waals surface area contributed by atoms with Gasteiger partial charge in [-0.2, -0.15) is 4.98 Å². The molecular formula is C11H15N5O2S. The summed E-state index contributed by atoms with van der Waals surface area (Å²) < 4.78 is 8.79. The monoisotopic (exact) mass is 281 g/mol. The molecular weight excluding hydrogens is 266 g/mol. The molecule has 0 aliphatic carbocycles. The van der Waals surface area contributed by atoms with Gasteiger partial charge in [-0.25, -0.2) is 0 Å². The molecule has 0 atom stereocenters. The number of aromatic nitrogens is 4. The lowest BCUT2D eigenvalue weighted by molar-refractivity contribution is 0.0741. The summed E-state index contributed by atoms with van der Waals surface area (Å²) in [4.78, 5) is 18.0. The van der Waals surface area contributed by atoms with Gasteiger partial charge in [-0.3, -0.25) is 4.79 Å². The number of carbonyl (C=O) groups excluding carboxylic acids is 1. The first-order valence-electron chi connectivity index (χ1n) is 6.12. The van der Waals surface area contributed by atoms with E-state index in [-0.39, 0.29) is 5.91 Å². The van der Waals surface area contributed by atoms with E-state index in [0.29, 0.717) is 30.5 Å². The van der Waals surface area contributed by atoms with Crippen molar-refractivity contribution < 1.29 is 9.32 Å². The Morgan fingerprint density at radius 1 is 1.47 bits per heavy atom. The van der Waals surface area contributed by atoms with Gasteiger partial charge in [0.05, 0.1) is 6.54 Å². The standard InChI is InChI=1S/C11H15N5O2S/c1-3-5-10-12-9(14-18-10)6-16(4-2)11(17)8-7-19-15-13-8/h7H,3-6H2,1-2H3. The Morgan fingerprint density at radius 3 is 2.95 bits per heavy atom. The Kier molecular flexibility index (Phi) is 4.56. The highest BCUT2D eigenvalue weighted by atomic mass is 32.1. The second-order valence-corrected chi connectivity index (χ2v) is 4.57. The highest BCUT2D eigenvalue weighted by Crippen LogP contribution is 2.08. The van der Waals surface area contributed by atoms with Crippen LogP contribution in [0.5, 0.6) is 0 Å². The smallest absolute Gasteiger partial charge is 0.275 e. The fourth-order valence-electron chi connectivity index (χ4n) is 1.59. The van der Waals surface area contributed by atoms with Gasteiger partial charge in [0.2, 0.25) is 5.89 Å². The average molecular weight is 281 g/mol. The molecule has 8 heteroatoms. The van der Waals surface area contributed by atoms with Crippen LogP contribution in [0.4, 0.5) is 0 Å². The van der Waals surface area contributed by atoms with E-state index in [9.17, 15) is 4.79 Å². The van der Waals surface area contributed by atoms with Crippen LogP contribution in [0.1, 0.15) is 42.5 Å². The van der Waals surface area contributed by atoms with Gasteiger partial charge in [0, 0.05) is 18.3 Å². The van der Waals surface area contributed by atoms with Crippen molar-refractivity contribution in [3.8, 4) is 0 Å². The minimum atomic E-state index is -0.168. The molecule has 0 saturated carbocycles. The van der Waals surface area contributed by atoms with Gasteiger partial charge < -0.3 is 9.42 Å². The Bertz CT molecular complexity index is 525. The fraction of sp³-hybridized carbons (Fsp3) is 0.545. The predicted molar refractivity (Wildman–Crippen MR) is 68.6 cm³/mol. The maximum absolute atomic E-state index is 12.1. The molecule has 2 aromatic rings. The first kappa shape index (κ1) is 13.6. The predicted octanol–water partition coefficient (Wildman–Crippen LogP) is 1.54. The Balaban J connectivity index is 2.04. The minimum Gasteiger partial charge on any atom is -0.339 e. The number of aryl methyl sites for hydroxylation is 1. The van der Waals surface area contributed by atoms with E-state index >= 15 is 0 Å². The van der Waals surface area contributed by atoms with Crippen LogP contribution < -0.4 is 0 Å². The number of carbonyl (C=O) groups is 1. The van der Waals surface area contributed by atoms with Crippen molar-refractivity contribution in [2.24, 2.45) is 0 Å². The first-order chi connectivity index (χ1) is 9.24. The fourth-order valence-corrected chi connectivity index (χ4v) is 2.02. The minimum absolute atomic E-state index is 0.168. The Hall–Kier alpha value is -1.83. The maximum atomic E-state index is 12.1. The van der Waals surface area contributed by atoms with Crippen LogP contribution in [0.25, 0.3) is 0 Å². The third-order valence-electron chi connectivity index (χ3n) is 2.55. The van der Waals surface area contributed by atoms with E-state index in [2.05, 4.69) is 19.7 Å². The molecule has 7 nitrogen and oxygen atoms in total. The number of amides is 1. The summed E-state index contributed by atoms with van der Waals surface area (Å²) in [6.45, 7) is 4.81. The summed E-state index contributed by atoms with van der Waals surface area (Å²) in [6, 6.07) is 0. The lowest BCUT2D eigenvalue weighted by Crippen LogP contribution is -2.31. The van der Waals surface area contributed by atoms with Crippen LogP contribution in [0.2, 0.25) is 0 Å². The van der Waals surface area contributed by atoms with Gasteiger partial charge >= 0.3 is 0 Å². The molecule has 0 aliphatic rings. The van der Waals surface area contributed by atoms with Crippen LogP contribution in [-0.4, -0.2) is 37.1 Å². The zero-order chi connectivity index (χ0) is 13.7. The molecule has 0 aromatic carbocycles. The van der Waals surface area contributed by atoms with Crippen LogP contribution in [0, 0.1) is 0 Å². The van der Waals surface area contributed by atoms with Crippen molar-refractivity contribution in [2.45, 2.75) is 33.2 Å². The summed E-state index contributed by atoms with van der Waals surface area (Å²) >= 11 is 1.15. The Labute approximate surface area is 114 Å². The van der Waals surface area contributed by atoms with Crippen LogP contribution in [0.15, 0.2) is 9.90 Å². The molecule has 0 bridgehead atoms. The van der Waals surface area contributed by atoms with Crippen molar-refractivity contribution in [1.82, 2.24) is 24.6 Å². The van der Waals surface area contributed by atoms with Crippen molar-refractivity contribution in [3.05, 3.63) is 22.8 Å². The first-order valence-corrected chi connectivity index (χ1v) is 6.96. The topological polar surface area (TPSA) is 85.0 Å². The highest BCUT2D eigenvalue weighted by Gasteiger charge is 2.19. The van der Waals surface area contributed by atoms with Gasteiger partial charge in [-0.15, -0.1) is 5.10 Å². The van der Waals surface area contributed by atoms with Crippen molar-refractivity contribution in [2.75, 3.05) is 6.54 Å². The summed E-state index contributed by atoms with van der Waals surface area (Å²) in [5, 5.41) is 9.28. The van der Waals surface area contributed by atoms with Gasteiger partial charge in [0.15, 0.2) is 11.5 Å². The van der Waals surface area contributed by atoms with Gasteiger partial charge in [-0.05, 0) is 24.9 Å². The van der Waals surface area contributed by atoms with Gasteiger partial charge in [-0.1, -0.05) is 16.6 Å². The number of rotatable bonds is 6. The molecule has 0 spiro atoms. The van der Waals surface area contributed by atoms with Gasteiger partial charge in [0.25, 0.3) is 5.91 Å². The number of hydrogen-bond donors (Lipinski definition) is 0. The molecule has 0 N–H and O–H groups in total. The zero-order valence-corrected chi connectivity index (χ0v) is 11.7. The molecule has 2 heterocycles. The molecule has 2 aromatic heterocycles. The largest absolute Gasteiger partial charge is 0.339 e. The molecule has 0 fully saturated rings. The third-order valence-corrected chi connectivity index (χ3v) is 3.06. The van der Waals surface area contributed by atoms with E-state index in [1.165, 1.54) is 0 Å². The summed E-state index contributed by atoms with van der Waals surface area (Å²) in [5.74, 6) is 0.955. The van der Waals surface area contributed by atoms with E-state index in [1.54, 1.807) is 10.3 Å². The lowest BCUT2D eigenvalue weighted by atomic mass is 10.3. The zero-order valence-electron chi connectivity index (χ0n) is 10.9. The molecule has 102 valence electrons. The molecule has 0 saturated heterocycles. The maximum Gasteiger partial charge on any atom is 0.275 e. The number of hydrogen-bond acceptors (Lipinski definition) is 7. The summed E-state index contributed by atoms with van der Waals surface area (Å²) in [6.07, 6.45) is 1.70.